The van der Waals surface area contributed by atoms with Crippen LogP contribution in [0.5, 0.6) is 0 Å². The van der Waals surface area contributed by atoms with E-state index in [4.69, 9.17) is 0 Å². The first-order valence-corrected chi connectivity index (χ1v) is 4.45. The first kappa shape index (κ1) is 10.7. The molecule has 0 fully saturated rings. The van der Waals surface area contributed by atoms with Gasteiger partial charge in [0.2, 0.25) is 0 Å². The summed E-state index contributed by atoms with van der Waals surface area (Å²) in [7, 11) is 0. The number of allylic oxidation sites excluding steroid dienone is 1. The molecule has 0 amide bonds. The Morgan fingerprint density at radius 2 is 2.09 bits per heavy atom. The van der Waals surface area contributed by atoms with Gasteiger partial charge in [0.1, 0.15) is 0 Å². The maximum Gasteiger partial charge on any atom is 0.0622 e. The van der Waals surface area contributed by atoms with E-state index in [0.29, 0.717) is 0 Å². The van der Waals surface area contributed by atoms with Crippen molar-refractivity contribution in [2.24, 2.45) is 0 Å². The maximum absolute atomic E-state index is 9.73. The minimum absolute atomic E-state index is 0.468. The van der Waals surface area contributed by atoms with Gasteiger partial charge in [0.15, 0.2) is 0 Å². The lowest BCUT2D eigenvalue weighted by molar-refractivity contribution is 0.0408. The molecule has 0 aliphatic rings. The molecule has 0 bridgehead atoms. The minimum Gasteiger partial charge on any atom is -0.390 e. The second-order valence-corrected chi connectivity index (χ2v) is 3.43. The summed E-state index contributed by atoms with van der Waals surface area (Å²) in [5.74, 6) is 0. The van der Waals surface area contributed by atoms with E-state index >= 15 is 0 Å². The zero-order valence-corrected chi connectivity index (χ0v) is 7.77. The highest BCUT2D eigenvalue weighted by molar-refractivity contribution is 4.77. The number of unbranched alkanes of at least 4 members (excludes halogenated alkanes) is 1. The Morgan fingerprint density at radius 3 is 2.55 bits per heavy atom. The number of hydrogen-bond acceptors (Lipinski definition) is 1. The van der Waals surface area contributed by atoms with E-state index in [0.717, 1.165) is 32.1 Å². The predicted octanol–water partition coefficient (Wildman–Crippen LogP) is 2.89. The molecule has 0 spiro atoms. The molecular weight excluding hydrogens is 136 g/mol. The van der Waals surface area contributed by atoms with E-state index in [9.17, 15) is 5.11 Å². The topological polar surface area (TPSA) is 20.2 Å². The van der Waals surface area contributed by atoms with E-state index in [1.54, 1.807) is 0 Å². The minimum atomic E-state index is -0.468. The van der Waals surface area contributed by atoms with Gasteiger partial charge in [-0.05, 0) is 26.2 Å². The van der Waals surface area contributed by atoms with Crippen LogP contribution in [0, 0.1) is 0 Å². The molecule has 0 aromatic heterocycles. The van der Waals surface area contributed by atoms with Crippen LogP contribution in [0.1, 0.15) is 46.0 Å². The highest BCUT2D eigenvalue weighted by atomic mass is 16.3. The molecule has 1 nitrogen and oxygen atoms in total. The van der Waals surface area contributed by atoms with Gasteiger partial charge in [-0.2, -0.15) is 0 Å². The van der Waals surface area contributed by atoms with Crippen molar-refractivity contribution in [3.8, 4) is 0 Å². The monoisotopic (exact) mass is 156 g/mol. The van der Waals surface area contributed by atoms with Crippen LogP contribution in [0.15, 0.2) is 12.7 Å². The lowest BCUT2D eigenvalue weighted by Crippen LogP contribution is -2.23. The first-order valence-electron chi connectivity index (χ1n) is 4.45. The van der Waals surface area contributed by atoms with Gasteiger partial charge < -0.3 is 5.11 Å². The molecule has 0 heterocycles. The molecule has 0 aliphatic heterocycles. The Hall–Kier alpha value is -0.300. The van der Waals surface area contributed by atoms with Crippen molar-refractivity contribution in [2.75, 3.05) is 0 Å². The zero-order valence-electron chi connectivity index (χ0n) is 7.77. The normalized spacial score (nSPS) is 15.9. The number of rotatable bonds is 6. The fourth-order valence-electron chi connectivity index (χ4n) is 1.10. The molecule has 66 valence electrons. The molecule has 0 saturated carbocycles. The van der Waals surface area contributed by atoms with E-state index in [-0.39, 0.29) is 0 Å². The van der Waals surface area contributed by atoms with Crippen LogP contribution in [0.25, 0.3) is 0 Å². The van der Waals surface area contributed by atoms with Crippen LogP contribution < -0.4 is 0 Å². The van der Waals surface area contributed by atoms with Gasteiger partial charge in [0.05, 0.1) is 5.60 Å². The van der Waals surface area contributed by atoms with Crippen molar-refractivity contribution >= 4 is 0 Å². The Bertz CT molecular complexity index is 105. The highest BCUT2D eigenvalue weighted by Gasteiger charge is 2.17. The molecular formula is C10H20O. The average molecular weight is 156 g/mol. The molecule has 0 radical (unpaired) electrons. The number of aliphatic hydroxyl groups is 1. The van der Waals surface area contributed by atoms with Gasteiger partial charge in [-0.1, -0.05) is 25.8 Å². The smallest absolute Gasteiger partial charge is 0.0622 e. The van der Waals surface area contributed by atoms with Crippen molar-refractivity contribution in [1.29, 1.82) is 0 Å². The van der Waals surface area contributed by atoms with Gasteiger partial charge >= 0.3 is 0 Å². The summed E-state index contributed by atoms with van der Waals surface area (Å²) in [6, 6.07) is 0. The number of hydrogen-bond donors (Lipinski definition) is 1. The van der Waals surface area contributed by atoms with Crippen molar-refractivity contribution in [2.45, 2.75) is 51.6 Å². The van der Waals surface area contributed by atoms with Gasteiger partial charge in [-0.3, -0.25) is 0 Å². The maximum atomic E-state index is 9.73. The molecule has 1 heteroatoms. The quantitative estimate of drug-likeness (QED) is 0.586. The molecule has 0 rings (SSSR count). The lowest BCUT2D eigenvalue weighted by atomic mass is 9.94. The highest BCUT2D eigenvalue weighted by Crippen LogP contribution is 2.19. The van der Waals surface area contributed by atoms with E-state index in [2.05, 4.69) is 13.5 Å². The van der Waals surface area contributed by atoms with Crippen LogP contribution in [-0.2, 0) is 0 Å². The van der Waals surface area contributed by atoms with Crippen LogP contribution in [0.3, 0.4) is 0 Å². The van der Waals surface area contributed by atoms with Gasteiger partial charge in [0, 0.05) is 0 Å². The fraction of sp³-hybridized carbons (Fsp3) is 0.800. The molecule has 1 unspecified atom stereocenters. The zero-order chi connectivity index (χ0) is 8.74. The van der Waals surface area contributed by atoms with Crippen molar-refractivity contribution in [3.05, 3.63) is 12.7 Å². The van der Waals surface area contributed by atoms with E-state index in [1.807, 2.05) is 13.0 Å². The summed E-state index contributed by atoms with van der Waals surface area (Å²) in [4.78, 5) is 0. The Labute approximate surface area is 70.1 Å². The lowest BCUT2D eigenvalue weighted by Gasteiger charge is -2.21. The summed E-state index contributed by atoms with van der Waals surface area (Å²) in [6.07, 6.45) is 6.80. The Kier molecular flexibility index (Phi) is 5.22. The Balaban J connectivity index is 3.51. The summed E-state index contributed by atoms with van der Waals surface area (Å²) in [6.45, 7) is 7.68. The molecule has 0 aromatic carbocycles. The van der Waals surface area contributed by atoms with Crippen molar-refractivity contribution in [1.82, 2.24) is 0 Å². The van der Waals surface area contributed by atoms with Gasteiger partial charge in [0.25, 0.3) is 0 Å². The molecule has 0 aromatic rings. The standard InChI is InChI=1S/C10H20O/c1-4-6-8-10(3,11)9-7-5-2/h4,11H,1,5-9H2,2-3H3. The third kappa shape index (κ3) is 6.11. The molecule has 0 saturated heterocycles. The van der Waals surface area contributed by atoms with Crippen molar-refractivity contribution < 1.29 is 5.11 Å². The van der Waals surface area contributed by atoms with Crippen LogP contribution >= 0.6 is 0 Å². The third-order valence-electron chi connectivity index (χ3n) is 1.96. The largest absolute Gasteiger partial charge is 0.390 e. The van der Waals surface area contributed by atoms with Gasteiger partial charge in [-0.15, -0.1) is 6.58 Å². The third-order valence-corrected chi connectivity index (χ3v) is 1.96. The second-order valence-electron chi connectivity index (χ2n) is 3.43. The molecule has 11 heavy (non-hydrogen) atoms. The van der Waals surface area contributed by atoms with Gasteiger partial charge in [-0.25, -0.2) is 0 Å². The van der Waals surface area contributed by atoms with Crippen molar-refractivity contribution in [3.63, 3.8) is 0 Å². The van der Waals surface area contributed by atoms with Crippen LogP contribution in [0.2, 0.25) is 0 Å². The predicted molar refractivity (Wildman–Crippen MR) is 49.6 cm³/mol. The van der Waals surface area contributed by atoms with Crippen LogP contribution in [-0.4, -0.2) is 10.7 Å². The van der Waals surface area contributed by atoms with E-state index in [1.165, 1.54) is 0 Å². The second kappa shape index (κ2) is 5.36. The summed E-state index contributed by atoms with van der Waals surface area (Å²) < 4.78 is 0. The van der Waals surface area contributed by atoms with E-state index < -0.39 is 5.60 Å². The summed E-state index contributed by atoms with van der Waals surface area (Å²) in [5, 5.41) is 9.73. The molecule has 1 atom stereocenters. The first-order chi connectivity index (χ1) is 5.12. The Morgan fingerprint density at radius 1 is 1.45 bits per heavy atom. The SMILES string of the molecule is C=CCCC(C)(O)CCCC. The summed E-state index contributed by atoms with van der Waals surface area (Å²) >= 11 is 0. The van der Waals surface area contributed by atoms with Crippen LogP contribution in [0.4, 0.5) is 0 Å². The summed E-state index contributed by atoms with van der Waals surface area (Å²) in [5.41, 5.74) is -0.468. The molecule has 0 aliphatic carbocycles. The fourth-order valence-corrected chi connectivity index (χ4v) is 1.10. The molecule has 1 N–H and O–H groups in total. The average Bonchev–Trinajstić information content (AvgIpc) is 1.97.